The Morgan fingerprint density at radius 3 is 2.43 bits per heavy atom. The first-order valence-electron chi connectivity index (χ1n) is 5.87. The number of carboxylic acids is 1. The smallest absolute Gasteiger partial charge is 0.313 e. The monoisotopic (exact) mass is 317 g/mol. The zero-order chi connectivity index (χ0) is 15.6. The highest BCUT2D eigenvalue weighted by Crippen LogP contribution is 2.24. The number of hydrogen-bond acceptors (Lipinski definition) is 4. The molecule has 0 amide bonds. The molecule has 5 nitrogen and oxygen atoms in total. The van der Waals surface area contributed by atoms with Crippen molar-refractivity contribution in [3.8, 4) is 5.69 Å². The molecule has 0 aliphatic carbocycles. The van der Waals surface area contributed by atoms with Gasteiger partial charge in [-0.05, 0) is 0 Å². The molecule has 0 aliphatic heterocycles. The molecule has 0 unspecified atom stereocenters. The van der Waals surface area contributed by atoms with Crippen molar-refractivity contribution in [2.24, 2.45) is 0 Å². The molecule has 0 radical (unpaired) electrons. The number of rotatable bonds is 5. The number of carboxylic acid groups (broad SMARTS) is 1. The third-order valence-corrected chi connectivity index (χ3v) is 3.48. The average Bonchev–Trinajstić information content (AvgIpc) is 2.84. The van der Waals surface area contributed by atoms with Crippen LogP contribution in [0.3, 0.4) is 0 Å². The largest absolute Gasteiger partial charge is 0.481 e. The van der Waals surface area contributed by atoms with Gasteiger partial charge in [-0.2, -0.15) is 0 Å². The molecule has 2 rings (SSSR count). The zero-order valence-electron chi connectivity index (χ0n) is 10.8. The van der Waals surface area contributed by atoms with Crippen molar-refractivity contribution < 1.29 is 23.1 Å². The molecule has 1 N–H and O–H groups in total. The van der Waals surface area contributed by atoms with Crippen LogP contribution in [0.2, 0.25) is 0 Å². The van der Waals surface area contributed by atoms with E-state index in [1.807, 2.05) is 0 Å². The van der Waals surface area contributed by atoms with Crippen LogP contribution in [0.5, 0.6) is 0 Å². The maximum absolute atomic E-state index is 13.3. The summed E-state index contributed by atoms with van der Waals surface area (Å²) in [5.74, 6) is -5.21. The lowest BCUT2D eigenvalue weighted by molar-refractivity contribution is -0.133. The summed E-state index contributed by atoms with van der Waals surface area (Å²) in [6.07, 6.45) is 0.404. The van der Waals surface area contributed by atoms with Crippen LogP contribution in [0.15, 0.2) is 17.3 Å². The molecule has 0 bridgehead atoms. The summed E-state index contributed by atoms with van der Waals surface area (Å²) in [4.78, 5) is 10.6. The number of aryl methyl sites for hydroxylation is 1. The molecule has 0 saturated heterocycles. The Kier molecular flexibility index (Phi) is 4.51. The van der Waals surface area contributed by atoms with Crippen molar-refractivity contribution in [1.82, 2.24) is 14.8 Å². The van der Waals surface area contributed by atoms with Crippen molar-refractivity contribution >= 4 is 17.7 Å². The van der Waals surface area contributed by atoms with E-state index in [2.05, 4.69) is 10.2 Å². The van der Waals surface area contributed by atoms with E-state index in [0.717, 1.165) is 23.9 Å². The number of aromatic nitrogens is 3. The molecule has 112 valence electrons. The minimum Gasteiger partial charge on any atom is -0.481 e. The quantitative estimate of drug-likeness (QED) is 0.677. The van der Waals surface area contributed by atoms with Crippen molar-refractivity contribution in [3.63, 3.8) is 0 Å². The molecule has 9 heteroatoms. The van der Waals surface area contributed by atoms with Crippen LogP contribution in [0.4, 0.5) is 13.2 Å². The molecule has 1 heterocycles. The SMILES string of the molecule is CCc1nnc(SCC(=O)O)n1-c1cc(F)c(F)c(F)c1. The first-order valence-corrected chi connectivity index (χ1v) is 6.86. The Morgan fingerprint density at radius 1 is 1.29 bits per heavy atom. The van der Waals surface area contributed by atoms with E-state index >= 15 is 0 Å². The number of nitrogens with zero attached hydrogens (tertiary/aromatic N) is 3. The molecular weight excluding hydrogens is 307 g/mol. The highest BCUT2D eigenvalue weighted by atomic mass is 32.2. The molecule has 0 aliphatic rings. The van der Waals surface area contributed by atoms with Gasteiger partial charge >= 0.3 is 5.97 Å². The van der Waals surface area contributed by atoms with E-state index < -0.39 is 23.4 Å². The van der Waals surface area contributed by atoms with E-state index in [1.165, 1.54) is 4.57 Å². The lowest BCUT2D eigenvalue weighted by atomic mass is 10.2. The highest BCUT2D eigenvalue weighted by molar-refractivity contribution is 7.99. The first-order chi connectivity index (χ1) is 9.93. The van der Waals surface area contributed by atoms with E-state index in [9.17, 15) is 18.0 Å². The van der Waals surface area contributed by atoms with Gasteiger partial charge in [0.2, 0.25) is 0 Å². The summed E-state index contributed by atoms with van der Waals surface area (Å²) in [5.41, 5.74) is 0.00105. The minimum absolute atomic E-state index is 0.00105. The standard InChI is InChI=1S/C12H10F3N3O2S/c1-2-9-16-17-12(21-5-10(19)20)18(9)6-3-7(13)11(15)8(14)4-6/h3-4H,2,5H2,1H3,(H,19,20). The van der Waals surface area contributed by atoms with Crippen LogP contribution in [-0.2, 0) is 11.2 Å². The molecular formula is C12H10F3N3O2S. The summed E-state index contributed by atoms with van der Waals surface area (Å²) < 4.78 is 41.0. The van der Waals surface area contributed by atoms with Gasteiger partial charge < -0.3 is 5.11 Å². The zero-order valence-corrected chi connectivity index (χ0v) is 11.6. The number of aliphatic carboxylic acids is 1. The van der Waals surface area contributed by atoms with Gasteiger partial charge in [-0.25, -0.2) is 13.2 Å². The Labute approximate surface area is 121 Å². The maximum atomic E-state index is 13.3. The molecule has 1 aromatic heterocycles. The summed E-state index contributed by atoms with van der Waals surface area (Å²) >= 11 is 0.853. The molecule has 0 atom stereocenters. The number of thioether (sulfide) groups is 1. The fraction of sp³-hybridized carbons (Fsp3) is 0.250. The van der Waals surface area contributed by atoms with Crippen LogP contribution in [0, 0.1) is 17.5 Å². The number of carbonyl (C=O) groups is 1. The number of benzene rings is 1. The van der Waals surface area contributed by atoms with Gasteiger partial charge in [0.1, 0.15) is 5.82 Å². The lowest BCUT2D eigenvalue weighted by Crippen LogP contribution is -2.06. The van der Waals surface area contributed by atoms with Gasteiger partial charge in [-0.1, -0.05) is 18.7 Å². The Hall–Kier alpha value is -2.03. The molecule has 0 fully saturated rings. The van der Waals surface area contributed by atoms with Crippen molar-refractivity contribution in [3.05, 3.63) is 35.4 Å². The van der Waals surface area contributed by atoms with E-state index in [-0.39, 0.29) is 16.6 Å². The van der Waals surface area contributed by atoms with Gasteiger partial charge in [0.25, 0.3) is 0 Å². The summed E-state index contributed by atoms with van der Waals surface area (Å²) in [6.45, 7) is 1.75. The predicted molar refractivity (Wildman–Crippen MR) is 69.0 cm³/mol. The Bertz CT molecular complexity index is 667. The van der Waals surface area contributed by atoms with Crippen LogP contribution in [-0.4, -0.2) is 31.6 Å². The third-order valence-electron chi connectivity index (χ3n) is 2.57. The second kappa shape index (κ2) is 6.17. The van der Waals surface area contributed by atoms with Crippen LogP contribution in [0.25, 0.3) is 5.69 Å². The van der Waals surface area contributed by atoms with Gasteiger partial charge in [-0.15, -0.1) is 10.2 Å². The van der Waals surface area contributed by atoms with Gasteiger partial charge in [0.15, 0.2) is 22.6 Å². The summed E-state index contributed by atoms with van der Waals surface area (Å²) in [7, 11) is 0. The maximum Gasteiger partial charge on any atom is 0.313 e. The van der Waals surface area contributed by atoms with Crippen LogP contribution >= 0.6 is 11.8 Å². The second-order valence-corrected chi connectivity index (χ2v) is 4.94. The van der Waals surface area contributed by atoms with Crippen LogP contribution < -0.4 is 0 Å². The van der Waals surface area contributed by atoms with Gasteiger partial charge in [-0.3, -0.25) is 9.36 Å². The second-order valence-electron chi connectivity index (χ2n) is 3.99. The normalized spacial score (nSPS) is 10.9. The molecule has 0 spiro atoms. The van der Waals surface area contributed by atoms with E-state index in [1.54, 1.807) is 6.92 Å². The summed E-state index contributed by atoms with van der Waals surface area (Å²) in [5, 5.41) is 16.5. The van der Waals surface area contributed by atoms with Crippen molar-refractivity contribution in [2.75, 3.05) is 5.75 Å². The van der Waals surface area contributed by atoms with Crippen molar-refractivity contribution in [2.45, 2.75) is 18.5 Å². The summed E-state index contributed by atoms with van der Waals surface area (Å²) in [6, 6.07) is 1.62. The Balaban J connectivity index is 2.51. The molecule has 21 heavy (non-hydrogen) atoms. The third kappa shape index (κ3) is 3.18. The fourth-order valence-corrected chi connectivity index (χ4v) is 2.37. The van der Waals surface area contributed by atoms with E-state index in [4.69, 9.17) is 5.11 Å². The lowest BCUT2D eigenvalue weighted by Gasteiger charge is -2.09. The topological polar surface area (TPSA) is 68.0 Å². The van der Waals surface area contributed by atoms with E-state index in [0.29, 0.717) is 12.2 Å². The van der Waals surface area contributed by atoms with Crippen molar-refractivity contribution in [1.29, 1.82) is 0 Å². The van der Waals surface area contributed by atoms with Gasteiger partial charge in [0.05, 0.1) is 11.4 Å². The molecule has 2 aromatic rings. The molecule has 0 saturated carbocycles. The van der Waals surface area contributed by atoms with Crippen LogP contribution in [0.1, 0.15) is 12.7 Å². The predicted octanol–water partition coefficient (Wildman–Crippen LogP) is 2.42. The highest BCUT2D eigenvalue weighted by Gasteiger charge is 2.18. The first kappa shape index (κ1) is 15.4. The average molecular weight is 317 g/mol. The van der Waals surface area contributed by atoms with Gasteiger partial charge in [0, 0.05) is 18.6 Å². The fourth-order valence-electron chi connectivity index (χ4n) is 1.68. The number of halogens is 3. The minimum atomic E-state index is -1.57. The number of hydrogen-bond donors (Lipinski definition) is 1. The Morgan fingerprint density at radius 2 is 1.90 bits per heavy atom. The molecule has 1 aromatic carbocycles.